The summed E-state index contributed by atoms with van der Waals surface area (Å²) in [7, 11) is 1.71. The van der Waals surface area contributed by atoms with Gasteiger partial charge in [0.15, 0.2) is 5.82 Å². The number of benzene rings is 2. The first-order valence-corrected chi connectivity index (χ1v) is 12.0. The van der Waals surface area contributed by atoms with E-state index in [1.54, 1.807) is 7.11 Å². The number of aromatic nitrogens is 2. The number of piperazine rings is 1. The lowest BCUT2D eigenvalue weighted by molar-refractivity contribution is -0.113. The zero-order valence-electron chi connectivity index (χ0n) is 19.2. The number of carbonyl (C=O) groups excluding carboxylic acids is 1. The van der Waals surface area contributed by atoms with Crippen molar-refractivity contribution < 1.29 is 9.53 Å². The normalized spacial score (nSPS) is 13.7. The molecule has 4 rings (SSSR count). The lowest BCUT2D eigenvalue weighted by atomic mass is 10.1. The van der Waals surface area contributed by atoms with Crippen LogP contribution in [-0.2, 0) is 4.79 Å². The van der Waals surface area contributed by atoms with E-state index in [2.05, 4.69) is 31.4 Å². The molecule has 1 aliphatic rings. The molecule has 172 valence electrons. The zero-order chi connectivity index (χ0) is 23.2. The molecule has 1 amide bonds. The zero-order valence-corrected chi connectivity index (χ0v) is 20.1. The minimum absolute atomic E-state index is 0.0456. The Bertz CT molecular complexity index is 1080. The summed E-state index contributed by atoms with van der Waals surface area (Å²) in [6.07, 6.45) is 0. The molecule has 0 radical (unpaired) electrons. The van der Waals surface area contributed by atoms with Crippen LogP contribution in [0.3, 0.4) is 0 Å². The molecule has 1 aliphatic heterocycles. The van der Waals surface area contributed by atoms with Crippen LogP contribution in [0.25, 0.3) is 0 Å². The van der Waals surface area contributed by atoms with Gasteiger partial charge in [-0.15, -0.1) is 10.2 Å². The molecule has 8 heteroatoms. The van der Waals surface area contributed by atoms with Crippen molar-refractivity contribution in [3.05, 3.63) is 65.7 Å². The van der Waals surface area contributed by atoms with E-state index in [1.807, 2.05) is 62.4 Å². The molecule has 7 nitrogen and oxygen atoms in total. The van der Waals surface area contributed by atoms with Crippen molar-refractivity contribution in [3.63, 3.8) is 0 Å². The number of thioether (sulfide) groups is 1. The van der Waals surface area contributed by atoms with Gasteiger partial charge in [-0.1, -0.05) is 42.1 Å². The Morgan fingerprint density at radius 2 is 1.64 bits per heavy atom. The van der Waals surface area contributed by atoms with Crippen LogP contribution in [0.15, 0.2) is 59.6 Å². The highest BCUT2D eigenvalue weighted by atomic mass is 32.2. The van der Waals surface area contributed by atoms with Gasteiger partial charge in [0, 0.05) is 31.9 Å². The molecule has 2 heterocycles. The molecule has 0 saturated carbocycles. The molecule has 0 bridgehead atoms. The van der Waals surface area contributed by atoms with Gasteiger partial charge in [-0.2, -0.15) is 0 Å². The third-order valence-corrected chi connectivity index (χ3v) is 6.67. The Balaban J connectivity index is 1.29. The summed E-state index contributed by atoms with van der Waals surface area (Å²) in [4.78, 5) is 17.0. The molecular formula is C25H29N5O2S. The van der Waals surface area contributed by atoms with Crippen LogP contribution >= 0.6 is 11.8 Å². The van der Waals surface area contributed by atoms with Crippen LogP contribution in [0.1, 0.15) is 11.1 Å². The van der Waals surface area contributed by atoms with Crippen LogP contribution < -0.4 is 19.9 Å². The van der Waals surface area contributed by atoms with E-state index in [9.17, 15) is 4.79 Å². The SMILES string of the molecule is COc1ccccc1N1CCN(c2ccc(SCC(=O)Nc3c(C)cccc3C)nn2)CC1. The van der Waals surface area contributed by atoms with Crippen molar-refractivity contribution in [1.82, 2.24) is 10.2 Å². The van der Waals surface area contributed by atoms with E-state index in [-0.39, 0.29) is 5.91 Å². The second-order valence-corrected chi connectivity index (χ2v) is 8.98. The van der Waals surface area contributed by atoms with Crippen molar-refractivity contribution in [2.45, 2.75) is 18.9 Å². The summed E-state index contributed by atoms with van der Waals surface area (Å²) < 4.78 is 5.50. The summed E-state index contributed by atoms with van der Waals surface area (Å²) in [5.41, 5.74) is 4.13. The predicted octanol–water partition coefficient (Wildman–Crippen LogP) is 4.16. The molecule has 1 saturated heterocycles. The second kappa shape index (κ2) is 10.6. The number of nitrogens with zero attached hydrogens (tertiary/aromatic N) is 4. The Kier molecular flexibility index (Phi) is 7.34. The van der Waals surface area contributed by atoms with Crippen molar-refractivity contribution in [3.8, 4) is 5.75 Å². The number of anilines is 3. The maximum atomic E-state index is 12.4. The average molecular weight is 464 g/mol. The highest BCUT2D eigenvalue weighted by Crippen LogP contribution is 2.29. The first-order valence-electron chi connectivity index (χ1n) is 11.0. The van der Waals surface area contributed by atoms with Gasteiger partial charge in [-0.05, 0) is 49.2 Å². The van der Waals surface area contributed by atoms with Crippen LogP contribution in [0.4, 0.5) is 17.2 Å². The number of para-hydroxylation sites is 3. The lowest BCUT2D eigenvalue weighted by Crippen LogP contribution is -2.47. The molecule has 2 aromatic carbocycles. The van der Waals surface area contributed by atoms with Gasteiger partial charge in [0.1, 0.15) is 10.8 Å². The van der Waals surface area contributed by atoms with E-state index in [0.717, 1.165) is 65.3 Å². The number of hydrogen-bond donors (Lipinski definition) is 1. The number of aryl methyl sites for hydroxylation is 2. The fourth-order valence-corrected chi connectivity index (χ4v) is 4.57. The second-order valence-electron chi connectivity index (χ2n) is 7.98. The van der Waals surface area contributed by atoms with Crippen LogP contribution in [0, 0.1) is 13.8 Å². The monoisotopic (exact) mass is 463 g/mol. The summed E-state index contributed by atoms with van der Waals surface area (Å²) in [5.74, 6) is 2.00. The molecule has 0 aliphatic carbocycles. The van der Waals surface area contributed by atoms with Gasteiger partial charge in [0.25, 0.3) is 0 Å². The van der Waals surface area contributed by atoms with Gasteiger partial charge in [-0.25, -0.2) is 0 Å². The van der Waals surface area contributed by atoms with Crippen molar-refractivity contribution in [2.75, 3.05) is 54.2 Å². The van der Waals surface area contributed by atoms with E-state index in [4.69, 9.17) is 4.74 Å². The Hall–Kier alpha value is -3.26. The van der Waals surface area contributed by atoms with Gasteiger partial charge >= 0.3 is 0 Å². The first kappa shape index (κ1) is 22.9. The average Bonchev–Trinajstić information content (AvgIpc) is 2.85. The highest BCUT2D eigenvalue weighted by molar-refractivity contribution is 7.99. The summed E-state index contributed by atoms with van der Waals surface area (Å²) in [5, 5.41) is 12.5. The maximum Gasteiger partial charge on any atom is 0.234 e. The topological polar surface area (TPSA) is 70.6 Å². The number of hydrogen-bond acceptors (Lipinski definition) is 7. The van der Waals surface area contributed by atoms with Gasteiger partial charge in [0.05, 0.1) is 18.6 Å². The number of amides is 1. The highest BCUT2D eigenvalue weighted by Gasteiger charge is 2.20. The fraction of sp³-hybridized carbons (Fsp3) is 0.320. The molecule has 1 aromatic heterocycles. The van der Waals surface area contributed by atoms with E-state index in [1.165, 1.54) is 11.8 Å². The molecule has 0 spiro atoms. The molecule has 1 fully saturated rings. The van der Waals surface area contributed by atoms with Crippen molar-refractivity contribution >= 4 is 34.9 Å². The van der Waals surface area contributed by atoms with Crippen molar-refractivity contribution in [2.24, 2.45) is 0 Å². The fourth-order valence-electron chi connectivity index (χ4n) is 3.95. The largest absolute Gasteiger partial charge is 0.495 e. The molecule has 1 N–H and O–H groups in total. The summed E-state index contributed by atoms with van der Waals surface area (Å²) >= 11 is 1.39. The Morgan fingerprint density at radius 1 is 0.939 bits per heavy atom. The molecule has 0 atom stereocenters. The Morgan fingerprint density at radius 3 is 2.30 bits per heavy atom. The molecule has 3 aromatic rings. The summed E-state index contributed by atoms with van der Waals surface area (Å²) in [6, 6.07) is 18.0. The first-order chi connectivity index (χ1) is 16.0. The van der Waals surface area contributed by atoms with Crippen LogP contribution in [0.5, 0.6) is 5.75 Å². The molecule has 33 heavy (non-hydrogen) atoms. The third-order valence-electron chi connectivity index (χ3n) is 5.75. The van der Waals surface area contributed by atoms with Crippen molar-refractivity contribution in [1.29, 1.82) is 0 Å². The Labute approximate surface area is 199 Å². The lowest BCUT2D eigenvalue weighted by Gasteiger charge is -2.37. The van der Waals surface area contributed by atoms with E-state index >= 15 is 0 Å². The quantitative estimate of drug-likeness (QED) is 0.528. The predicted molar refractivity (Wildman–Crippen MR) is 135 cm³/mol. The molecular weight excluding hydrogens is 434 g/mol. The number of carbonyl (C=O) groups is 1. The smallest absolute Gasteiger partial charge is 0.234 e. The number of ether oxygens (including phenoxy) is 1. The van der Waals surface area contributed by atoms with Gasteiger partial charge < -0.3 is 19.9 Å². The van der Waals surface area contributed by atoms with Crippen LogP contribution in [0.2, 0.25) is 0 Å². The van der Waals surface area contributed by atoms with E-state index < -0.39 is 0 Å². The number of nitrogens with one attached hydrogen (secondary N) is 1. The molecule has 0 unspecified atom stereocenters. The standard InChI is InChI=1S/C25H29N5O2S/c1-18-7-6-8-19(2)25(18)26-23(31)17-33-24-12-11-22(27-28-24)30-15-13-29(14-16-30)20-9-4-5-10-21(20)32-3/h4-12H,13-17H2,1-3H3,(H,26,31). The van der Waals surface area contributed by atoms with Crippen LogP contribution in [-0.4, -0.2) is 55.1 Å². The minimum Gasteiger partial charge on any atom is -0.495 e. The van der Waals surface area contributed by atoms with Gasteiger partial charge in [0.2, 0.25) is 5.91 Å². The number of rotatable bonds is 7. The minimum atomic E-state index is -0.0456. The summed E-state index contributed by atoms with van der Waals surface area (Å²) in [6.45, 7) is 7.48. The number of methoxy groups -OCH3 is 1. The maximum absolute atomic E-state index is 12.4. The third kappa shape index (κ3) is 5.57. The van der Waals surface area contributed by atoms with E-state index in [0.29, 0.717) is 5.75 Å². The van der Waals surface area contributed by atoms with Gasteiger partial charge in [-0.3, -0.25) is 4.79 Å².